The van der Waals surface area contributed by atoms with E-state index in [1.54, 1.807) is 60.7 Å². The molecule has 17 nitrogen and oxygen atoms in total. The van der Waals surface area contributed by atoms with Gasteiger partial charge in [-0.1, -0.05) is 157 Å². The molecule has 2 aromatic carbocycles. The first-order chi connectivity index (χ1) is 34.1. The van der Waals surface area contributed by atoms with Gasteiger partial charge in [0.15, 0.2) is 0 Å². The maximum Gasteiger partial charge on any atom is 0.242 e. The average Bonchev–Trinajstić information content (AvgIpc) is 3.32. The van der Waals surface area contributed by atoms with E-state index in [2.05, 4.69) is 22.9 Å². The lowest BCUT2D eigenvalue weighted by Crippen LogP contribution is -2.54. The van der Waals surface area contributed by atoms with E-state index in [1.165, 1.54) is 57.8 Å². The van der Waals surface area contributed by atoms with Crippen molar-refractivity contribution in [1.82, 2.24) is 24.6 Å². The van der Waals surface area contributed by atoms with Crippen LogP contribution in [0.5, 0.6) is 0 Å². The first kappa shape index (κ1) is 63.1. The van der Waals surface area contributed by atoms with Crippen LogP contribution in [0.25, 0.3) is 0 Å². The molecule has 0 saturated carbocycles. The number of rotatable bonds is 44. The number of unbranched alkanes of at least 4 members (excludes halogenated alkanes) is 15. The molecular weight excluding hydrogens is 943 g/mol. The number of carbonyl (C=O) groups is 4. The normalized spacial score (nSPS) is 13.2. The van der Waals surface area contributed by atoms with E-state index in [4.69, 9.17) is 22.9 Å². The molecule has 2 aromatic rings. The Morgan fingerprint density at radius 3 is 1.34 bits per heavy atom. The zero-order valence-corrected chi connectivity index (χ0v) is 44.6. The summed E-state index contributed by atoms with van der Waals surface area (Å²) in [4.78, 5) is 53.8. The molecule has 0 radical (unpaired) electrons. The molecule has 0 aliphatic heterocycles. The number of nitrogens with one attached hydrogen (secondary N) is 3. The molecule has 0 aromatic heterocycles. The second-order valence-corrected chi connectivity index (χ2v) is 22.9. The fourth-order valence-corrected chi connectivity index (χ4v) is 11.6. The molecular formula is C52H91N9O8S2. The Balaban J connectivity index is 2.29. The minimum atomic E-state index is -4.24. The third-order valence-electron chi connectivity index (χ3n) is 12.5. The van der Waals surface area contributed by atoms with Crippen LogP contribution in [0.3, 0.4) is 0 Å². The number of hydrogen-bond donors (Lipinski definition) is 7. The number of hydrogen-bond acceptors (Lipinski definition) is 11. The number of carbonyl (C=O) groups excluding carboxylic acids is 4. The van der Waals surface area contributed by atoms with Crippen molar-refractivity contribution in [3.63, 3.8) is 0 Å². The van der Waals surface area contributed by atoms with Crippen molar-refractivity contribution in [3.8, 4) is 0 Å². The third-order valence-corrected chi connectivity index (χ3v) is 16.0. The van der Waals surface area contributed by atoms with Crippen LogP contribution in [0.4, 0.5) is 0 Å². The molecule has 0 unspecified atom stereocenters. The van der Waals surface area contributed by atoms with Crippen LogP contribution in [-0.2, 0) is 50.7 Å². The van der Waals surface area contributed by atoms with Gasteiger partial charge in [0, 0.05) is 31.6 Å². The van der Waals surface area contributed by atoms with Crippen molar-refractivity contribution in [1.29, 1.82) is 0 Å². The highest BCUT2D eigenvalue weighted by atomic mass is 32.2. The maximum atomic E-state index is 14.4. The lowest BCUT2D eigenvalue weighted by atomic mass is 10.0. The van der Waals surface area contributed by atoms with Crippen LogP contribution in [0, 0.1) is 0 Å². The quantitative estimate of drug-likeness (QED) is 0.0409. The van der Waals surface area contributed by atoms with Crippen molar-refractivity contribution in [3.05, 3.63) is 71.8 Å². The van der Waals surface area contributed by atoms with Crippen LogP contribution in [0.1, 0.15) is 166 Å². The van der Waals surface area contributed by atoms with E-state index in [0.717, 1.165) is 27.9 Å². The van der Waals surface area contributed by atoms with Gasteiger partial charge >= 0.3 is 0 Å². The van der Waals surface area contributed by atoms with Gasteiger partial charge in [-0.2, -0.15) is 8.61 Å². The van der Waals surface area contributed by atoms with Gasteiger partial charge in [0.25, 0.3) is 0 Å². The molecule has 2 rings (SSSR count). The molecule has 0 aliphatic carbocycles. The topological polar surface area (TPSA) is 283 Å². The van der Waals surface area contributed by atoms with Gasteiger partial charge < -0.3 is 38.9 Å². The van der Waals surface area contributed by atoms with Crippen LogP contribution in [-0.4, -0.2) is 113 Å². The van der Waals surface area contributed by atoms with Gasteiger partial charge in [0.05, 0.1) is 24.6 Å². The van der Waals surface area contributed by atoms with E-state index >= 15 is 0 Å². The SMILES string of the molecule is CCCCCCCCCCCCCCCC(=O)N[C@@H](CCCCN)C(=O)N[C@@H](CCCCN)CN(CC(=O)N[C@@H](CCCCN)CN(CC(N)=O)S(=O)(=O)Cc1ccccc1)S(=O)(=O)Cc1ccccc1. The van der Waals surface area contributed by atoms with Crippen molar-refractivity contribution in [2.24, 2.45) is 22.9 Å². The maximum absolute atomic E-state index is 14.4. The highest BCUT2D eigenvalue weighted by Crippen LogP contribution is 2.18. The summed E-state index contributed by atoms with van der Waals surface area (Å²) in [7, 11) is -8.36. The Morgan fingerprint density at radius 2 is 0.901 bits per heavy atom. The van der Waals surface area contributed by atoms with Gasteiger partial charge in [0.1, 0.15) is 6.04 Å². The predicted molar refractivity (Wildman–Crippen MR) is 285 cm³/mol. The zero-order valence-electron chi connectivity index (χ0n) is 42.9. The van der Waals surface area contributed by atoms with Gasteiger partial charge in [-0.15, -0.1) is 0 Å². The summed E-state index contributed by atoms with van der Waals surface area (Å²) >= 11 is 0. The Morgan fingerprint density at radius 1 is 0.493 bits per heavy atom. The zero-order chi connectivity index (χ0) is 52.2. The van der Waals surface area contributed by atoms with E-state index < -0.39 is 80.5 Å². The van der Waals surface area contributed by atoms with Crippen molar-refractivity contribution >= 4 is 43.7 Å². The summed E-state index contributed by atoms with van der Waals surface area (Å²) in [6.45, 7) is 1.49. The highest BCUT2D eigenvalue weighted by molar-refractivity contribution is 7.88. The van der Waals surface area contributed by atoms with Crippen molar-refractivity contribution < 1.29 is 36.0 Å². The molecule has 19 heteroatoms. The minimum absolute atomic E-state index is 0.229. The fourth-order valence-electron chi connectivity index (χ4n) is 8.53. The van der Waals surface area contributed by atoms with Crippen LogP contribution < -0.4 is 38.9 Å². The van der Waals surface area contributed by atoms with Crippen molar-refractivity contribution in [2.75, 3.05) is 45.8 Å². The number of nitrogens with two attached hydrogens (primary N) is 4. The van der Waals surface area contributed by atoms with E-state index in [-0.39, 0.29) is 31.8 Å². The highest BCUT2D eigenvalue weighted by Gasteiger charge is 2.32. The average molecular weight is 1030 g/mol. The molecule has 0 bridgehead atoms. The standard InChI is InChI=1S/C52H91N9O8S2/c1-2-3-4-5-6-7-8-9-10-11-12-13-20-34-50(63)59-48(33-23-26-37-55)52(65)58-47(32-22-25-36-54)39-61(71(68,69)43-45-29-18-15-19-30-45)41-51(64)57-46(31-21-24-35-53)38-60(40-49(56)62)70(66,67)42-44-27-16-14-17-28-44/h14-19,27-30,46-48H,2-13,20-26,31-43,53-55H2,1H3,(H2,56,62)(H,57,64)(H,58,65)(H,59,63)/t46-,47-,48-/m0/s1. The lowest BCUT2D eigenvalue weighted by Gasteiger charge is -2.30. The predicted octanol–water partition coefficient (Wildman–Crippen LogP) is 5.46. The number of sulfonamides is 2. The van der Waals surface area contributed by atoms with E-state index in [1.807, 2.05) is 0 Å². The fraction of sp³-hybridized carbons (Fsp3) is 0.692. The van der Waals surface area contributed by atoms with Crippen LogP contribution >= 0.6 is 0 Å². The number of primary amides is 1. The van der Waals surface area contributed by atoms with E-state index in [9.17, 15) is 36.0 Å². The molecule has 3 atom stereocenters. The van der Waals surface area contributed by atoms with Gasteiger partial charge in [-0.05, 0) is 82.1 Å². The van der Waals surface area contributed by atoms with Gasteiger partial charge in [-0.25, -0.2) is 16.8 Å². The number of nitrogens with zero attached hydrogens (tertiary/aromatic N) is 2. The van der Waals surface area contributed by atoms with Crippen molar-refractivity contribution in [2.45, 2.75) is 184 Å². The molecule has 0 heterocycles. The second kappa shape index (κ2) is 37.7. The Hall–Kier alpha value is -3.98. The van der Waals surface area contributed by atoms with Gasteiger partial charge in [-0.3, -0.25) is 19.2 Å². The van der Waals surface area contributed by atoms with Gasteiger partial charge in [0.2, 0.25) is 43.7 Å². The molecule has 11 N–H and O–H groups in total. The third kappa shape index (κ3) is 29.3. The Kier molecular flexibility index (Phi) is 33.5. The van der Waals surface area contributed by atoms with Crippen LogP contribution in [0.15, 0.2) is 60.7 Å². The summed E-state index contributed by atoms with van der Waals surface area (Å²) in [6.07, 6.45) is 20.0. The van der Waals surface area contributed by atoms with E-state index in [0.29, 0.717) is 88.5 Å². The smallest absolute Gasteiger partial charge is 0.242 e. The first-order valence-electron chi connectivity index (χ1n) is 26.4. The van der Waals surface area contributed by atoms with Crippen LogP contribution in [0.2, 0.25) is 0 Å². The molecule has 4 amide bonds. The largest absolute Gasteiger partial charge is 0.369 e. The monoisotopic (exact) mass is 1030 g/mol. The summed E-state index contributed by atoms with van der Waals surface area (Å²) < 4.78 is 58.3. The first-order valence-corrected chi connectivity index (χ1v) is 29.7. The minimum Gasteiger partial charge on any atom is -0.369 e. The summed E-state index contributed by atoms with van der Waals surface area (Å²) in [5.41, 5.74) is 23.9. The lowest BCUT2D eigenvalue weighted by molar-refractivity contribution is -0.129. The summed E-state index contributed by atoms with van der Waals surface area (Å²) in [5.74, 6) is -3.14. The number of benzene rings is 2. The molecule has 0 spiro atoms. The summed E-state index contributed by atoms with van der Waals surface area (Å²) in [5, 5.41) is 8.83. The molecule has 71 heavy (non-hydrogen) atoms. The number of amides is 4. The molecule has 0 aliphatic rings. The molecule has 0 fully saturated rings. The Labute approximate surface area is 427 Å². The second-order valence-electron chi connectivity index (χ2n) is 19.0. The molecule has 0 saturated heterocycles. The summed E-state index contributed by atoms with van der Waals surface area (Å²) in [6, 6.07) is 14.5. The Bertz CT molecular complexity index is 1980. The molecule has 404 valence electrons.